The molecule has 0 saturated carbocycles. The van der Waals surface area contributed by atoms with Crippen LogP contribution in [0, 0.1) is 0 Å². The standard InChI is InChI=1S/C11H2F20O2/c12-1(3(13,14)2(32)33)4(15,16)5(17,18)6(19,20)7(21,22)8(23,24)9(25,26)10(27,28)11(29,30)31/h1H,(H,32,33). The molecule has 22 heteroatoms. The van der Waals surface area contributed by atoms with Crippen molar-refractivity contribution >= 4 is 5.97 Å². The van der Waals surface area contributed by atoms with E-state index in [0.29, 0.717) is 0 Å². The minimum Gasteiger partial charge on any atom is -0.477 e. The van der Waals surface area contributed by atoms with Crippen molar-refractivity contribution in [1.29, 1.82) is 0 Å². The number of halogens is 20. The number of rotatable bonds is 9. The molecule has 0 rings (SSSR count). The molecule has 1 atom stereocenters. The van der Waals surface area contributed by atoms with E-state index >= 15 is 0 Å². The van der Waals surface area contributed by atoms with Crippen molar-refractivity contribution in [2.45, 2.75) is 59.7 Å². The first-order chi connectivity index (χ1) is 13.8. The highest BCUT2D eigenvalue weighted by Gasteiger charge is 2.96. The second-order valence-electron chi connectivity index (χ2n) is 5.86. The SMILES string of the molecule is O=C(O)C(F)(F)C(F)C(F)(F)C(F)(F)C(F)(F)C(F)(F)C(F)(F)C(F)(F)C(F)(F)C(F)(F)F. The Kier molecular flexibility index (Phi) is 7.09. The van der Waals surface area contributed by atoms with E-state index in [1.807, 2.05) is 0 Å². The summed E-state index contributed by atoms with van der Waals surface area (Å²) in [7, 11) is 0. The molecular weight excluding hydrogens is 544 g/mol. The van der Waals surface area contributed by atoms with Crippen LogP contribution < -0.4 is 0 Å². The summed E-state index contributed by atoms with van der Waals surface area (Å²) in [4.78, 5) is 9.86. The summed E-state index contributed by atoms with van der Waals surface area (Å²) in [6, 6.07) is 0. The zero-order chi connectivity index (χ0) is 27.7. The van der Waals surface area contributed by atoms with E-state index in [0.717, 1.165) is 0 Å². The molecular formula is C11H2F20O2. The van der Waals surface area contributed by atoms with E-state index in [4.69, 9.17) is 5.11 Å². The maximum absolute atomic E-state index is 13.3. The monoisotopic (exact) mass is 546 g/mol. The number of hydrogen-bond donors (Lipinski definition) is 1. The Morgan fingerprint density at radius 2 is 0.727 bits per heavy atom. The van der Waals surface area contributed by atoms with Gasteiger partial charge in [-0.25, -0.2) is 9.18 Å². The molecule has 0 radical (unpaired) electrons. The van der Waals surface area contributed by atoms with E-state index in [1.165, 1.54) is 0 Å². The first kappa shape index (κ1) is 31.1. The van der Waals surface area contributed by atoms with Crippen molar-refractivity contribution in [2.24, 2.45) is 0 Å². The van der Waals surface area contributed by atoms with Gasteiger partial charge in [-0.1, -0.05) is 0 Å². The molecule has 0 heterocycles. The van der Waals surface area contributed by atoms with E-state index in [9.17, 15) is 92.6 Å². The van der Waals surface area contributed by atoms with Gasteiger partial charge < -0.3 is 5.11 Å². The van der Waals surface area contributed by atoms with Crippen molar-refractivity contribution in [2.75, 3.05) is 0 Å². The molecule has 2 nitrogen and oxygen atoms in total. The van der Waals surface area contributed by atoms with Crippen LogP contribution in [0.5, 0.6) is 0 Å². The van der Waals surface area contributed by atoms with Gasteiger partial charge in [0, 0.05) is 0 Å². The summed E-state index contributed by atoms with van der Waals surface area (Å²) in [6.07, 6.45) is -14.5. The van der Waals surface area contributed by atoms with Crippen LogP contribution in [0.15, 0.2) is 0 Å². The number of carboxylic acids is 1. The zero-order valence-electron chi connectivity index (χ0n) is 14.0. The van der Waals surface area contributed by atoms with E-state index in [2.05, 4.69) is 0 Å². The van der Waals surface area contributed by atoms with Crippen molar-refractivity contribution < 1.29 is 97.7 Å². The fraction of sp³-hybridized carbons (Fsp3) is 0.909. The molecule has 0 aliphatic heterocycles. The van der Waals surface area contributed by atoms with Crippen LogP contribution in [0.2, 0.25) is 0 Å². The molecule has 0 aliphatic rings. The van der Waals surface area contributed by atoms with Crippen LogP contribution in [-0.4, -0.2) is 70.8 Å². The van der Waals surface area contributed by atoms with Crippen molar-refractivity contribution in [1.82, 2.24) is 0 Å². The third-order valence-electron chi connectivity index (χ3n) is 3.67. The summed E-state index contributed by atoms with van der Waals surface area (Å²) in [6.45, 7) is 0. The molecule has 0 aromatic carbocycles. The third kappa shape index (κ3) is 3.79. The molecule has 0 aromatic rings. The first-order valence-electron chi connectivity index (χ1n) is 6.81. The van der Waals surface area contributed by atoms with Gasteiger partial charge in [0.1, 0.15) is 0 Å². The summed E-state index contributed by atoms with van der Waals surface area (Å²) < 4.78 is 257. The van der Waals surface area contributed by atoms with Gasteiger partial charge in [-0.05, 0) is 0 Å². The van der Waals surface area contributed by atoms with Gasteiger partial charge in [-0.3, -0.25) is 0 Å². The van der Waals surface area contributed by atoms with Gasteiger partial charge in [0.05, 0.1) is 0 Å². The van der Waals surface area contributed by atoms with Gasteiger partial charge >= 0.3 is 59.5 Å². The summed E-state index contributed by atoms with van der Waals surface area (Å²) >= 11 is 0. The molecule has 198 valence electrons. The van der Waals surface area contributed by atoms with E-state index in [1.54, 1.807) is 0 Å². The fourth-order valence-corrected chi connectivity index (χ4v) is 1.67. The molecule has 0 fully saturated rings. The Morgan fingerprint density at radius 1 is 0.485 bits per heavy atom. The molecule has 1 N–H and O–H groups in total. The van der Waals surface area contributed by atoms with Gasteiger partial charge in [-0.15, -0.1) is 0 Å². The number of carbonyl (C=O) groups is 1. The lowest BCUT2D eigenvalue weighted by Crippen LogP contribution is -2.75. The predicted molar refractivity (Wildman–Crippen MR) is 58.2 cm³/mol. The topological polar surface area (TPSA) is 37.3 Å². The highest BCUT2D eigenvalue weighted by atomic mass is 19.4. The van der Waals surface area contributed by atoms with Crippen molar-refractivity contribution in [3.63, 3.8) is 0 Å². The smallest absolute Gasteiger partial charge is 0.460 e. The van der Waals surface area contributed by atoms with Crippen LogP contribution in [0.3, 0.4) is 0 Å². The second kappa shape index (κ2) is 7.54. The molecule has 0 amide bonds. The van der Waals surface area contributed by atoms with Crippen LogP contribution in [0.4, 0.5) is 87.8 Å². The molecule has 33 heavy (non-hydrogen) atoms. The van der Waals surface area contributed by atoms with E-state index in [-0.39, 0.29) is 0 Å². The summed E-state index contributed by atoms with van der Waals surface area (Å²) in [5, 5.41) is 7.69. The summed E-state index contributed by atoms with van der Waals surface area (Å²) in [5.74, 6) is -72.4. The highest BCUT2D eigenvalue weighted by molar-refractivity contribution is 5.76. The molecule has 0 spiro atoms. The maximum Gasteiger partial charge on any atom is 0.460 e. The lowest BCUT2D eigenvalue weighted by atomic mass is 9.87. The molecule has 1 unspecified atom stereocenters. The van der Waals surface area contributed by atoms with Crippen molar-refractivity contribution in [3.05, 3.63) is 0 Å². The largest absolute Gasteiger partial charge is 0.477 e. The Bertz CT molecular complexity index is 748. The Labute approximate surface area is 165 Å². The van der Waals surface area contributed by atoms with Crippen LogP contribution in [0.1, 0.15) is 0 Å². The second-order valence-corrected chi connectivity index (χ2v) is 5.86. The number of carboxylic acid groups (broad SMARTS) is 1. The van der Waals surface area contributed by atoms with Gasteiger partial charge in [0.15, 0.2) is 0 Å². The minimum absolute atomic E-state index is 4.16. The first-order valence-corrected chi connectivity index (χ1v) is 6.81. The normalized spacial score (nSPS) is 17.2. The molecule has 0 aromatic heterocycles. The van der Waals surface area contributed by atoms with Gasteiger partial charge in [0.2, 0.25) is 6.17 Å². The molecule has 0 aliphatic carbocycles. The number of hydrogen-bond acceptors (Lipinski definition) is 1. The average Bonchev–Trinajstić information content (AvgIpc) is 2.58. The van der Waals surface area contributed by atoms with Crippen LogP contribution in [0.25, 0.3) is 0 Å². The van der Waals surface area contributed by atoms with Crippen LogP contribution >= 0.6 is 0 Å². The number of alkyl halides is 20. The minimum atomic E-state index is -9.09. The zero-order valence-corrected chi connectivity index (χ0v) is 14.0. The van der Waals surface area contributed by atoms with Gasteiger partial charge in [0.25, 0.3) is 0 Å². The lowest BCUT2D eigenvalue weighted by molar-refractivity contribution is -0.464. The lowest BCUT2D eigenvalue weighted by Gasteiger charge is -2.43. The fourth-order valence-electron chi connectivity index (χ4n) is 1.67. The molecule has 0 saturated heterocycles. The Hall–Kier alpha value is -1.93. The quantitative estimate of drug-likeness (QED) is 0.358. The Morgan fingerprint density at radius 3 is 0.970 bits per heavy atom. The highest BCUT2D eigenvalue weighted by Crippen LogP contribution is 2.64. The molecule has 0 bridgehead atoms. The predicted octanol–water partition coefficient (Wildman–Crippen LogP) is 6.05. The maximum atomic E-state index is 13.3. The van der Waals surface area contributed by atoms with Gasteiger partial charge in [-0.2, -0.15) is 83.4 Å². The Balaban J connectivity index is 6.92. The van der Waals surface area contributed by atoms with E-state index < -0.39 is 65.7 Å². The average molecular weight is 546 g/mol. The summed E-state index contributed by atoms with van der Waals surface area (Å²) in [5.41, 5.74) is 0. The number of aliphatic carboxylic acids is 1. The third-order valence-corrected chi connectivity index (χ3v) is 3.67. The van der Waals surface area contributed by atoms with Crippen molar-refractivity contribution in [3.8, 4) is 0 Å². The van der Waals surface area contributed by atoms with Crippen LogP contribution in [-0.2, 0) is 4.79 Å².